The van der Waals surface area contributed by atoms with Gasteiger partial charge in [0.1, 0.15) is 5.82 Å². The third-order valence-corrected chi connectivity index (χ3v) is 1.78. The minimum absolute atomic E-state index is 0.245. The molecule has 0 aliphatic rings. The highest BCUT2D eigenvalue weighted by atomic mass is 19.1. The summed E-state index contributed by atoms with van der Waals surface area (Å²) in [5.41, 5.74) is 0.997. The van der Waals surface area contributed by atoms with Gasteiger partial charge in [-0.05, 0) is 24.1 Å². The SMILES string of the molecule is CN(CCc1ccc(F)cc1)N=O. The van der Waals surface area contributed by atoms with Gasteiger partial charge in [0.2, 0.25) is 0 Å². The fourth-order valence-electron chi connectivity index (χ4n) is 0.983. The molecular formula is C9H11FN2O. The zero-order valence-electron chi connectivity index (χ0n) is 7.40. The molecule has 1 aromatic rings. The van der Waals surface area contributed by atoms with Crippen LogP contribution >= 0.6 is 0 Å². The maximum absolute atomic E-state index is 12.5. The maximum atomic E-state index is 12.5. The van der Waals surface area contributed by atoms with E-state index in [1.165, 1.54) is 17.1 Å². The Bertz CT molecular complexity index is 273. The number of nitrogens with zero attached hydrogens (tertiary/aromatic N) is 2. The molecule has 0 aromatic heterocycles. The van der Waals surface area contributed by atoms with Crippen molar-refractivity contribution in [3.05, 3.63) is 40.6 Å². The molecule has 13 heavy (non-hydrogen) atoms. The van der Waals surface area contributed by atoms with E-state index in [-0.39, 0.29) is 5.82 Å². The summed E-state index contributed by atoms with van der Waals surface area (Å²) in [6.07, 6.45) is 0.697. The van der Waals surface area contributed by atoms with Gasteiger partial charge in [-0.25, -0.2) is 4.39 Å². The molecule has 0 bridgehead atoms. The molecule has 3 nitrogen and oxygen atoms in total. The van der Waals surface area contributed by atoms with E-state index in [0.29, 0.717) is 13.0 Å². The third kappa shape index (κ3) is 3.19. The summed E-state index contributed by atoms with van der Waals surface area (Å²) in [5.74, 6) is -0.245. The summed E-state index contributed by atoms with van der Waals surface area (Å²) in [5, 5.41) is 4.04. The third-order valence-electron chi connectivity index (χ3n) is 1.78. The van der Waals surface area contributed by atoms with E-state index in [2.05, 4.69) is 5.29 Å². The monoisotopic (exact) mass is 182 g/mol. The average Bonchev–Trinajstić information content (AvgIpc) is 2.16. The highest BCUT2D eigenvalue weighted by Gasteiger charge is 1.97. The van der Waals surface area contributed by atoms with Crippen LogP contribution in [0.2, 0.25) is 0 Å². The molecule has 1 rings (SSSR count). The van der Waals surface area contributed by atoms with E-state index < -0.39 is 0 Å². The van der Waals surface area contributed by atoms with Crippen LogP contribution < -0.4 is 0 Å². The highest BCUT2D eigenvalue weighted by molar-refractivity contribution is 5.16. The van der Waals surface area contributed by atoms with Crippen molar-refractivity contribution in [3.8, 4) is 0 Å². The summed E-state index contributed by atoms with van der Waals surface area (Å²) in [4.78, 5) is 10.00. The zero-order valence-corrected chi connectivity index (χ0v) is 7.40. The average molecular weight is 182 g/mol. The van der Waals surface area contributed by atoms with Crippen LogP contribution in [-0.4, -0.2) is 18.6 Å². The van der Waals surface area contributed by atoms with Crippen molar-refractivity contribution in [1.29, 1.82) is 0 Å². The number of rotatable bonds is 4. The van der Waals surface area contributed by atoms with Gasteiger partial charge in [-0.15, -0.1) is 4.91 Å². The van der Waals surface area contributed by atoms with E-state index in [9.17, 15) is 9.30 Å². The second-order valence-corrected chi connectivity index (χ2v) is 2.84. The Labute approximate surface area is 76.1 Å². The molecule has 0 saturated heterocycles. The van der Waals surface area contributed by atoms with Gasteiger partial charge in [0.25, 0.3) is 0 Å². The molecule has 0 amide bonds. The molecule has 0 unspecified atom stereocenters. The minimum atomic E-state index is -0.245. The van der Waals surface area contributed by atoms with Gasteiger partial charge >= 0.3 is 0 Å². The van der Waals surface area contributed by atoms with Crippen molar-refractivity contribution < 1.29 is 4.39 Å². The first-order valence-electron chi connectivity index (χ1n) is 4.01. The molecule has 0 fully saturated rings. The summed E-state index contributed by atoms with van der Waals surface area (Å²) in [7, 11) is 1.61. The lowest BCUT2D eigenvalue weighted by Crippen LogP contribution is -2.13. The van der Waals surface area contributed by atoms with Crippen LogP contribution in [0, 0.1) is 10.7 Å². The number of hydrogen-bond acceptors (Lipinski definition) is 2. The van der Waals surface area contributed by atoms with Gasteiger partial charge in [0, 0.05) is 13.6 Å². The van der Waals surface area contributed by atoms with Gasteiger partial charge < -0.3 is 0 Å². The fourth-order valence-corrected chi connectivity index (χ4v) is 0.983. The lowest BCUT2D eigenvalue weighted by molar-refractivity contribution is 0.354. The van der Waals surface area contributed by atoms with Crippen LogP contribution in [0.5, 0.6) is 0 Å². The first kappa shape index (κ1) is 9.64. The Morgan fingerprint density at radius 2 is 2.00 bits per heavy atom. The number of likely N-dealkylation sites (N-methyl/N-ethyl adjacent to an activating group) is 1. The smallest absolute Gasteiger partial charge is 0.123 e. The van der Waals surface area contributed by atoms with Crippen LogP contribution in [0.15, 0.2) is 29.6 Å². The Kier molecular flexibility index (Phi) is 3.37. The molecule has 4 heteroatoms. The number of benzene rings is 1. The molecule has 0 heterocycles. The van der Waals surface area contributed by atoms with Gasteiger partial charge in [0.05, 0.1) is 5.29 Å². The molecular weight excluding hydrogens is 171 g/mol. The Morgan fingerprint density at radius 1 is 1.38 bits per heavy atom. The second kappa shape index (κ2) is 4.54. The fraction of sp³-hybridized carbons (Fsp3) is 0.333. The standard InChI is InChI=1S/C9H11FN2O/c1-12(11-13)7-6-8-2-4-9(10)5-3-8/h2-5H,6-7H2,1H3. The van der Waals surface area contributed by atoms with Crippen molar-refractivity contribution in [1.82, 2.24) is 5.01 Å². The van der Waals surface area contributed by atoms with Crippen molar-refractivity contribution in [3.63, 3.8) is 0 Å². The normalized spacial score (nSPS) is 9.69. The molecule has 0 aliphatic heterocycles. The Hall–Kier alpha value is -1.45. The van der Waals surface area contributed by atoms with Gasteiger partial charge in [-0.1, -0.05) is 12.1 Å². The quantitative estimate of drug-likeness (QED) is 0.527. The predicted octanol–water partition coefficient (Wildman–Crippen LogP) is 1.98. The summed E-state index contributed by atoms with van der Waals surface area (Å²) in [6, 6.07) is 6.22. The Morgan fingerprint density at radius 3 is 2.54 bits per heavy atom. The zero-order chi connectivity index (χ0) is 9.68. The molecule has 0 N–H and O–H groups in total. The lowest BCUT2D eigenvalue weighted by atomic mass is 10.1. The highest BCUT2D eigenvalue weighted by Crippen LogP contribution is 2.03. The molecule has 0 saturated carbocycles. The van der Waals surface area contributed by atoms with Gasteiger partial charge in [-0.2, -0.15) is 0 Å². The van der Waals surface area contributed by atoms with E-state index in [0.717, 1.165) is 5.56 Å². The predicted molar refractivity (Wildman–Crippen MR) is 48.5 cm³/mol. The molecule has 1 aromatic carbocycles. The maximum Gasteiger partial charge on any atom is 0.123 e. The molecule has 0 radical (unpaired) electrons. The van der Waals surface area contributed by atoms with Gasteiger partial charge in [-0.3, -0.25) is 5.01 Å². The summed E-state index contributed by atoms with van der Waals surface area (Å²) in [6.45, 7) is 0.551. The molecule has 0 spiro atoms. The Balaban J connectivity index is 2.45. The number of nitroso groups, excluding NO2 is 1. The second-order valence-electron chi connectivity index (χ2n) is 2.84. The van der Waals surface area contributed by atoms with Crippen LogP contribution in [-0.2, 0) is 6.42 Å². The molecule has 0 aliphatic carbocycles. The largest absolute Gasteiger partial charge is 0.264 e. The van der Waals surface area contributed by atoms with E-state index in [4.69, 9.17) is 0 Å². The van der Waals surface area contributed by atoms with Crippen molar-refractivity contribution in [2.24, 2.45) is 5.29 Å². The van der Waals surface area contributed by atoms with E-state index in [1.54, 1.807) is 19.2 Å². The molecule has 0 atom stereocenters. The number of halogens is 1. The van der Waals surface area contributed by atoms with Crippen LogP contribution in [0.25, 0.3) is 0 Å². The van der Waals surface area contributed by atoms with Crippen LogP contribution in [0.1, 0.15) is 5.56 Å². The van der Waals surface area contributed by atoms with Crippen molar-refractivity contribution in [2.75, 3.05) is 13.6 Å². The first-order chi connectivity index (χ1) is 6.22. The molecule has 70 valence electrons. The minimum Gasteiger partial charge on any atom is -0.264 e. The van der Waals surface area contributed by atoms with Gasteiger partial charge in [0.15, 0.2) is 0 Å². The summed E-state index contributed by atoms with van der Waals surface area (Å²) >= 11 is 0. The van der Waals surface area contributed by atoms with Crippen molar-refractivity contribution >= 4 is 0 Å². The van der Waals surface area contributed by atoms with E-state index >= 15 is 0 Å². The van der Waals surface area contributed by atoms with Crippen LogP contribution in [0.3, 0.4) is 0 Å². The summed E-state index contributed by atoms with van der Waals surface area (Å²) < 4.78 is 12.5. The van der Waals surface area contributed by atoms with E-state index in [1.807, 2.05) is 0 Å². The first-order valence-corrected chi connectivity index (χ1v) is 4.01. The number of hydrogen-bond donors (Lipinski definition) is 0. The topological polar surface area (TPSA) is 32.7 Å². The lowest BCUT2D eigenvalue weighted by Gasteiger charge is -2.07. The van der Waals surface area contributed by atoms with Crippen LogP contribution in [0.4, 0.5) is 4.39 Å². The van der Waals surface area contributed by atoms with Crippen molar-refractivity contribution in [2.45, 2.75) is 6.42 Å².